The first kappa shape index (κ1) is 17.6. The Morgan fingerprint density at radius 2 is 1.88 bits per heavy atom. The van der Waals surface area contributed by atoms with Crippen molar-refractivity contribution in [2.24, 2.45) is 0 Å². The fourth-order valence-electron chi connectivity index (χ4n) is 3.95. The molecule has 0 aliphatic carbocycles. The zero-order valence-corrected chi connectivity index (χ0v) is 15.9. The van der Waals surface area contributed by atoms with Crippen molar-refractivity contribution < 1.29 is 0 Å². The number of aryl methyl sites for hydroxylation is 2. The van der Waals surface area contributed by atoms with Gasteiger partial charge in [0.2, 0.25) is 0 Å². The van der Waals surface area contributed by atoms with Crippen LogP contribution < -0.4 is 10.6 Å². The van der Waals surface area contributed by atoms with E-state index in [-0.39, 0.29) is 12.4 Å². The molecule has 0 unspecified atom stereocenters. The first-order valence-electron chi connectivity index (χ1n) is 8.67. The van der Waals surface area contributed by atoms with Crippen LogP contribution in [0.25, 0.3) is 10.9 Å². The van der Waals surface area contributed by atoms with Crippen molar-refractivity contribution in [3.63, 3.8) is 0 Å². The first-order valence-corrected chi connectivity index (χ1v) is 8.67. The van der Waals surface area contributed by atoms with E-state index in [1.54, 1.807) is 0 Å². The molecular formula is C20H25ClN4. The molecule has 2 aromatic heterocycles. The summed E-state index contributed by atoms with van der Waals surface area (Å²) in [6.07, 6.45) is 1.05. The number of pyridine rings is 1. The van der Waals surface area contributed by atoms with Gasteiger partial charge in [0.25, 0.3) is 0 Å². The van der Waals surface area contributed by atoms with E-state index in [0.717, 1.165) is 31.9 Å². The molecule has 0 bridgehead atoms. The molecule has 0 amide bonds. The van der Waals surface area contributed by atoms with Gasteiger partial charge in [0, 0.05) is 30.7 Å². The summed E-state index contributed by atoms with van der Waals surface area (Å²) in [7, 11) is 0. The van der Waals surface area contributed by atoms with Crippen LogP contribution >= 0.6 is 12.4 Å². The van der Waals surface area contributed by atoms with E-state index in [4.69, 9.17) is 10.7 Å². The lowest BCUT2D eigenvalue weighted by Gasteiger charge is -2.30. The van der Waals surface area contributed by atoms with Crippen LogP contribution in [0.15, 0.2) is 30.3 Å². The zero-order chi connectivity index (χ0) is 16.8. The largest absolute Gasteiger partial charge is 0.384 e. The predicted molar refractivity (Wildman–Crippen MR) is 108 cm³/mol. The Bertz CT molecular complexity index is 929. The minimum absolute atomic E-state index is 0. The monoisotopic (exact) mass is 356 g/mol. The molecule has 1 aliphatic heterocycles. The number of anilines is 2. The molecule has 0 fully saturated rings. The summed E-state index contributed by atoms with van der Waals surface area (Å²) in [4.78, 5) is 7.12. The molecule has 4 rings (SSSR count). The predicted octanol–water partition coefficient (Wildman–Crippen LogP) is 4.24. The van der Waals surface area contributed by atoms with E-state index in [0.29, 0.717) is 5.82 Å². The molecular weight excluding hydrogens is 332 g/mol. The minimum atomic E-state index is 0. The van der Waals surface area contributed by atoms with E-state index >= 15 is 0 Å². The molecule has 132 valence electrons. The molecule has 4 nitrogen and oxygen atoms in total. The van der Waals surface area contributed by atoms with Crippen LogP contribution in [0, 0.1) is 13.8 Å². The third kappa shape index (κ3) is 2.74. The van der Waals surface area contributed by atoms with Gasteiger partial charge in [0.15, 0.2) is 5.82 Å². The number of nitrogens with zero attached hydrogens (tertiary/aromatic N) is 3. The SMILES string of the molecule is CCn1c(C)c(C)c2cc(N)nc(N3CCc4ccccc4C3)c21.Cl. The van der Waals surface area contributed by atoms with E-state index < -0.39 is 0 Å². The van der Waals surface area contributed by atoms with E-state index in [2.05, 4.69) is 54.5 Å². The molecule has 25 heavy (non-hydrogen) atoms. The summed E-state index contributed by atoms with van der Waals surface area (Å²) >= 11 is 0. The molecule has 0 saturated carbocycles. The summed E-state index contributed by atoms with van der Waals surface area (Å²) in [6, 6.07) is 10.7. The number of hydrogen-bond acceptors (Lipinski definition) is 3. The number of fused-ring (bicyclic) bond motifs is 2. The Morgan fingerprint density at radius 3 is 2.60 bits per heavy atom. The van der Waals surface area contributed by atoms with Crippen LogP contribution in [0.2, 0.25) is 0 Å². The maximum Gasteiger partial charge on any atom is 0.155 e. The lowest BCUT2D eigenvalue weighted by Crippen LogP contribution is -2.31. The van der Waals surface area contributed by atoms with Gasteiger partial charge in [0.05, 0.1) is 5.52 Å². The Morgan fingerprint density at radius 1 is 1.16 bits per heavy atom. The summed E-state index contributed by atoms with van der Waals surface area (Å²) in [6.45, 7) is 9.38. The minimum Gasteiger partial charge on any atom is -0.384 e. The molecule has 5 heteroatoms. The van der Waals surface area contributed by atoms with E-state index in [1.165, 1.54) is 33.3 Å². The van der Waals surface area contributed by atoms with Crippen molar-refractivity contribution in [3.8, 4) is 0 Å². The van der Waals surface area contributed by atoms with Gasteiger partial charge in [-0.3, -0.25) is 0 Å². The van der Waals surface area contributed by atoms with Crippen LogP contribution in [0.1, 0.15) is 29.3 Å². The van der Waals surface area contributed by atoms with Gasteiger partial charge in [-0.15, -0.1) is 12.4 Å². The summed E-state index contributed by atoms with van der Waals surface area (Å²) < 4.78 is 2.37. The van der Waals surface area contributed by atoms with Crippen molar-refractivity contribution in [2.45, 2.75) is 40.3 Å². The number of benzene rings is 1. The molecule has 0 spiro atoms. The third-order valence-electron chi connectivity index (χ3n) is 5.36. The fourth-order valence-corrected chi connectivity index (χ4v) is 3.95. The Kier molecular flexibility index (Phi) is 4.65. The van der Waals surface area contributed by atoms with Crippen LogP contribution in [0.3, 0.4) is 0 Å². The van der Waals surface area contributed by atoms with E-state index in [1.807, 2.05) is 6.07 Å². The lowest BCUT2D eigenvalue weighted by molar-refractivity contribution is 0.714. The van der Waals surface area contributed by atoms with Gasteiger partial charge in [-0.25, -0.2) is 4.98 Å². The first-order chi connectivity index (χ1) is 11.6. The second-order valence-electron chi connectivity index (χ2n) is 6.66. The maximum absolute atomic E-state index is 6.15. The molecule has 1 aliphatic rings. The summed E-state index contributed by atoms with van der Waals surface area (Å²) in [5.41, 5.74) is 12.8. The highest BCUT2D eigenvalue weighted by atomic mass is 35.5. The molecule has 3 aromatic rings. The average molecular weight is 357 g/mol. The van der Waals surface area contributed by atoms with Crippen LogP contribution in [-0.4, -0.2) is 16.1 Å². The normalized spacial score (nSPS) is 13.6. The Hall–Kier alpha value is -2.20. The quantitative estimate of drug-likeness (QED) is 0.747. The lowest BCUT2D eigenvalue weighted by atomic mass is 10.00. The van der Waals surface area contributed by atoms with Gasteiger partial charge >= 0.3 is 0 Å². The summed E-state index contributed by atoms with van der Waals surface area (Å²) in [5, 5.41) is 1.23. The van der Waals surface area contributed by atoms with Crippen molar-refractivity contribution >= 4 is 34.9 Å². The van der Waals surface area contributed by atoms with Crippen molar-refractivity contribution in [2.75, 3.05) is 17.2 Å². The van der Waals surface area contributed by atoms with Crippen LogP contribution in [0.4, 0.5) is 11.6 Å². The second kappa shape index (κ2) is 6.60. The number of rotatable bonds is 2. The number of aromatic nitrogens is 2. The van der Waals surface area contributed by atoms with Gasteiger partial charge in [-0.2, -0.15) is 0 Å². The highest BCUT2D eigenvalue weighted by Crippen LogP contribution is 2.35. The van der Waals surface area contributed by atoms with Crippen LogP contribution in [-0.2, 0) is 19.5 Å². The third-order valence-corrected chi connectivity index (χ3v) is 5.36. The molecule has 1 aromatic carbocycles. The smallest absolute Gasteiger partial charge is 0.155 e. The Labute approximate surface area is 155 Å². The van der Waals surface area contributed by atoms with Gasteiger partial charge < -0.3 is 15.2 Å². The highest BCUT2D eigenvalue weighted by molar-refractivity contribution is 5.95. The van der Waals surface area contributed by atoms with Gasteiger partial charge in [-0.05, 0) is 49.9 Å². The standard InChI is InChI=1S/C20H24N4.ClH/c1-4-24-14(3)13(2)17-11-18(21)22-20(19(17)24)23-10-9-15-7-5-6-8-16(15)12-23;/h5-8,11H,4,9-10,12H2,1-3H3,(H2,21,22);1H. The average Bonchev–Trinajstić information content (AvgIpc) is 2.84. The van der Waals surface area contributed by atoms with Crippen molar-refractivity contribution in [1.29, 1.82) is 0 Å². The second-order valence-corrected chi connectivity index (χ2v) is 6.66. The Balaban J connectivity index is 0.00000182. The van der Waals surface area contributed by atoms with Crippen molar-refractivity contribution in [3.05, 3.63) is 52.7 Å². The molecule has 2 N–H and O–H groups in total. The van der Waals surface area contributed by atoms with Crippen molar-refractivity contribution in [1.82, 2.24) is 9.55 Å². The highest BCUT2D eigenvalue weighted by Gasteiger charge is 2.23. The maximum atomic E-state index is 6.15. The van der Waals surface area contributed by atoms with Gasteiger partial charge in [0.1, 0.15) is 5.82 Å². The van der Waals surface area contributed by atoms with Crippen LogP contribution in [0.5, 0.6) is 0 Å². The zero-order valence-electron chi connectivity index (χ0n) is 15.0. The number of nitrogen functional groups attached to an aromatic ring is 1. The molecule has 0 radical (unpaired) electrons. The molecule has 0 atom stereocenters. The number of nitrogens with two attached hydrogens (primary N) is 1. The molecule has 0 saturated heterocycles. The number of halogens is 1. The molecule has 3 heterocycles. The topological polar surface area (TPSA) is 47.1 Å². The summed E-state index contributed by atoms with van der Waals surface area (Å²) in [5.74, 6) is 1.63. The van der Waals surface area contributed by atoms with E-state index in [9.17, 15) is 0 Å². The van der Waals surface area contributed by atoms with Gasteiger partial charge in [-0.1, -0.05) is 24.3 Å². The fraction of sp³-hybridized carbons (Fsp3) is 0.350. The number of hydrogen-bond donors (Lipinski definition) is 1.